The Morgan fingerprint density at radius 2 is 1.94 bits per heavy atom. The van der Waals surface area contributed by atoms with Crippen molar-refractivity contribution >= 4 is 5.84 Å². The molecule has 0 spiro atoms. The van der Waals surface area contributed by atoms with E-state index in [9.17, 15) is 0 Å². The first-order valence-corrected chi connectivity index (χ1v) is 7.26. The fraction of sp³-hybridized carbons (Fsp3) is 0.929. The van der Waals surface area contributed by atoms with E-state index in [-0.39, 0.29) is 0 Å². The minimum absolute atomic E-state index is 0.552. The normalized spacial score (nSPS) is 26.6. The molecule has 1 atom stereocenters. The van der Waals surface area contributed by atoms with Gasteiger partial charge in [0.1, 0.15) is 0 Å². The molecule has 0 aromatic carbocycles. The number of likely N-dealkylation sites (tertiary alicyclic amines) is 1. The fourth-order valence-corrected chi connectivity index (χ4v) is 3.44. The molecule has 17 heavy (non-hydrogen) atoms. The van der Waals surface area contributed by atoms with Gasteiger partial charge in [0.05, 0.1) is 5.84 Å². The maximum atomic E-state index is 8.29. The topological polar surface area (TPSA) is 30.3 Å². The van der Waals surface area contributed by atoms with Gasteiger partial charge in [-0.15, -0.1) is 0 Å². The minimum Gasteiger partial charge on any atom is -0.362 e. The average molecular weight is 237 g/mol. The molecule has 1 saturated carbocycles. The number of amidine groups is 1. The molecule has 1 aliphatic carbocycles. The van der Waals surface area contributed by atoms with Crippen molar-refractivity contribution < 1.29 is 0 Å². The Labute approximate surface area is 106 Å². The fourth-order valence-electron chi connectivity index (χ4n) is 3.44. The summed E-state index contributed by atoms with van der Waals surface area (Å²) in [5.41, 5.74) is 0. The molecule has 98 valence electrons. The molecular formula is C14H27N3. The summed E-state index contributed by atoms with van der Waals surface area (Å²) < 4.78 is 0. The summed E-state index contributed by atoms with van der Waals surface area (Å²) in [5.74, 6) is 1.45. The van der Waals surface area contributed by atoms with E-state index in [1.807, 2.05) is 0 Å². The number of rotatable bonds is 4. The predicted molar refractivity (Wildman–Crippen MR) is 72.6 cm³/mol. The highest BCUT2D eigenvalue weighted by Crippen LogP contribution is 2.27. The second kappa shape index (κ2) is 5.85. The maximum Gasteiger partial charge on any atom is 0.0987 e. The van der Waals surface area contributed by atoms with Crippen LogP contribution in [0.4, 0.5) is 0 Å². The second-order valence-corrected chi connectivity index (χ2v) is 5.67. The van der Waals surface area contributed by atoms with E-state index in [2.05, 4.69) is 23.8 Å². The zero-order chi connectivity index (χ0) is 12.3. The summed E-state index contributed by atoms with van der Waals surface area (Å²) in [6.45, 7) is 5.73. The van der Waals surface area contributed by atoms with E-state index in [0.717, 1.165) is 18.9 Å². The van der Waals surface area contributed by atoms with Crippen LogP contribution in [0.1, 0.15) is 45.4 Å². The third kappa shape index (κ3) is 3.01. The van der Waals surface area contributed by atoms with Crippen molar-refractivity contribution in [1.82, 2.24) is 9.80 Å². The number of nitrogens with zero attached hydrogens (tertiary/aromatic N) is 2. The van der Waals surface area contributed by atoms with Crippen LogP contribution in [0.5, 0.6) is 0 Å². The summed E-state index contributed by atoms with van der Waals surface area (Å²) in [6, 6.07) is 0.687. The van der Waals surface area contributed by atoms with Crippen molar-refractivity contribution in [1.29, 1.82) is 5.41 Å². The Morgan fingerprint density at radius 1 is 1.24 bits per heavy atom. The minimum atomic E-state index is 0.552. The Morgan fingerprint density at radius 3 is 2.59 bits per heavy atom. The van der Waals surface area contributed by atoms with Gasteiger partial charge in [0.15, 0.2) is 0 Å². The van der Waals surface area contributed by atoms with Crippen LogP contribution in [0.15, 0.2) is 0 Å². The zero-order valence-electron chi connectivity index (χ0n) is 11.4. The standard InChI is InChI=1S/C14H27N3/c1-3-17-10-6-9-13(17)11-16(2)14(15)12-7-4-5-8-12/h12-13,15H,3-11H2,1-2H3. The highest BCUT2D eigenvalue weighted by atomic mass is 15.2. The van der Waals surface area contributed by atoms with Crippen molar-refractivity contribution in [3.63, 3.8) is 0 Å². The van der Waals surface area contributed by atoms with Gasteiger partial charge in [-0.1, -0.05) is 19.8 Å². The van der Waals surface area contributed by atoms with Crippen LogP contribution in [0.3, 0.4) is 0 Å². The molecular weight excluding hydrogens is 210 g/mol. The zero-order valence-corrected chi connectivity index (χ0v) is 11.4. The van der Waals surface area contributed by atoms with Crippen molar-refractivity contribution in [3.05, 3.63) is 0 Å². The van der Waals surface area contributed by atoms with Crippen LogP contribution in [0.25, 0.3) is 0 Å². The molecule has 0 amide bonds. The summed E-state index contributed by atoms with van der Waals surface area (Å²) in [6.07, 6.45) is 7.78. The molecule has 0 aromatic heterocycles. The van der Waals surface area contributed by atoms with Crippen LogP contribution < -0.4 is 0 Å². The van der Waals surface area contributed by atoms with E-state index in [0.29, 0.717) is 12.0 Å². The van der Waals surface area contributed by atoms with Crippen LogP contribution in [0.2, 0.25) is 0 Å². The molecule has 1 aliphatic heterocycles. The van der Waals surface area contributed by atoms with Gasteiger partial charge < -0.3 is 4.90 Å². The van der Waals surface area contributed by atoms with Gasteiger partial charge in [-0.3, -0.25) is 10.3 Å². The predicted octanol–water partition coefficient (Wildman–Crippen LogP) is 2.57. The van der Waals surface area contributed by atoms with Crippen molar-refractivity contribution in [2.45, 2.75) is 51.5 Å². The van der Waals surface area contributed by atoms with E-state index in [1.165, 1.54) is 45.1 Å². The molecule has 0 radical (unpaired) electrons. The van der Waals surface area contributed by atoms with Crippen molar-refractivity contribution in [2.75, 3.05) is 26.7 Å². The summed E-state index contributed by atoms with van der Waals surface area (Å²) in [7, 11) is 2.12. The molecule has 3 heteroatoms. The van der Waals surface area contributed by atoms with Crippen LogP contribution >= 0.6 is 0 Å². The first kappa shape index (κ1) is 12.9. The maximum absolute atomic E-state index is 8.29. The largest absolute Gasteiger partial charge is 0.362 e. The Bertz CT molecular complexity index is 258. The third-order valence-corrected chi connectivity index (χ3v) is 4.54. The third-order valence-electron chi connectivity index (χ3n) is 4.54. The van der Waals surface area contributed by atoms with Gasteiger partial charge >= 0.3 is 0 Å². The monoisotopic (exact) mass is 237 g/mol. The smallest absolute Gasteiger partial charge is 0.0987 e. The lowest BCUT2D eigenvalue weighted by atomic mass is 10.1. The first-order valence-electron chi connectivity index (χ1n) is 7.26. The van der Waals surface area contributed by atoms with Gasteiger partial charge in [-0.05, 0) is 38.8 Å². The van der Waals surface area contributed by atoms with Gasteiger partial charge in [-0.2, -0.15) is 0 Å². The van der Waals surface area contributed by atoms with E-state index < -0.39 is 0 Å². The average Bonchev–Trinajstić information content (AvgIpc) is 2.98. The van der Waals surface area contributed by atoms with E-state index in [4.69, 9.17) is 5.41 Å². The van der Waals surface area contributed by atoms with Crippen molar-refractivity contribution in [3.8, 4) is 0 Å². The van der Waals surface area contributed by atoms with Crippen LogP contribution in [-0.4, -0.2) is 48.4 Å². The molecule has 0 aromatic rings. The lowest BCUT2D eigenvalue weighted by Gasteiger charge is -2.31. The molecule has 1 heterocycles. The lowest BCUT2D eigenvalue weighted by Crippen LogP contribution is -2.42. The highest BCUT2D eigenvalue weighted by molar-refractivity contribution is 5.81. The summed E-state index contributed by atoms with van der Waals surface area (Å²) >= 11 is 0. The van der Waals surface area contributed by atoms with Gasteiger partial charge in [0.2, 0.25) is 0 Å². The molecule has 1 unspecified atom stereocenters. The summed E-state index contributed by atoms with van der Waals surface area (Å²) in [5, 5.41) is 8.29. The number of nitrogens with one attached hydrogen (secondary N) is 1. The Hall–Kier alpha value is -0.570. The molecule has 3 nitrogen and oxygen atoms in total. The van der Waals surface area contributed by atoms with Gasteiger partial charge in [0, 0.05) is 25.6 Å². The molecule has 2 aliphatic rings. The van der Waals surface area contributed by atoms with E-state index in [1.54, 1.807) is 0 Å². The van der Waals surface area contributed by atoms with E-state index >= 15 is 0 Å². The first-order chi connectivity index (χ1) is 8.22. The Kier molecular flexibility index (Phi) is 4.43. The van der Waals surface area contributed by atoms with Gasteiger partial charge in [0.25, 0.3) is 0 Å². The number of hydrogen-bond donors (Lipinski definition) is 1. The van der Waals surface area contributed by atoms with Crippen LogP contribution in [0, 0.1) is 11.3 Å². The lowest BCUT2D eigenvalue weighted by molar-refractivity contribution is 0.231. The van der Waals surface area contributed by atoms with Crippen molar-refractivity contribution in [2.24, 2.45) is 5.92 Å². The second-order valence-electron chi connectivity index (χ2n) is 5.67. The molecule has 1 saturated heterocycles. The molecule has 2 rings (SSSR count). The van der Waals surface area contributed by atoms with Crippen LogP contribution in [-0.2, 0) is 0 Å². The molecule has 2 fully saturated rings. The summed E-state index contributed by atoms with van der Waals surface area (Å²) in [4.78, 5) is 4.78. The molecule has 1 N–H and O–H groups in total. The SMILES string of the molecule is CCN1CCCC1CN(C)C(=N)C1CCCC1. The Balaban J connectivity index is 1.83. The number of likely N-dealkylation sites (N-methyl/N-ethyl adjacent to an activating group) is 2. The number of hydrogen-bond acceptors (Lipinski definition) is 2. The highest BCUT2D eigenvalue weighted by Gasteiger charge is 2.27. The quantitative estimate of drug-likeness (QED) is 0.602. The van der Waals surface area contributed by atoms with Gasteiger partial charge in [-0.25, -0.2) is 0 Å². The molecule has 0 bridgehead atoms.